The minimum Gasteiger partial charge on any atom is -0.383 e. The second kappa shape index (κ2) is 8.03. The van der Waals surface area contributed by atoms with Crippen molar-refractivity contribution in [2.75, 3.05) is 33.9 Å². The topological polar surface area (TPSA) is 45.7 Å². The fourth-order valence-corrected chi connectivity index (χ4v) is 3.16. The number of benzene rings is 1. The predicted molar refractivity (Wildman–Crippen MR) is 87.8 cm³/mol. The van der Waals surface area contributed by atoms with Crippen LogP contribution < -0.4 is 10.6 Å². The second-order valence-corrected chi connectivity index (χ2v) is 5.70. The Balaban J connectivity index is 1.97. The van der Waals surface area contributed by atoms with Crippen LogP contribution in [0.3, 0.4) is 0 Å². The van der Waals surface area contributed by atoms with E-state index >= 15 is 0 Å². The first kappa shape index (κ1) is 15.8. The van der Waals surface area contributed by atoms with Crippen LogP contribution in [0.1, 0.15) is 31.2 Å². The van der Waals surface area contributed by atoms with Gasteiger partial charge < -0.3 is 15.4 Å². The van der Waals surface area contributed by atoms with Crippen molar-refractivity contribution in [1.82, 2.24) is 10.6 Å². The Bertz CT molecular complexity index is 439. The van der Waals surface area contributed by atoms with E-state index in [1.165, 1.54) is 31.2 Å². The van der Waals surface area contributed by atoms with Gasteiger partial charge in [-0.2, -0.15) is 0 Å². The molecule has 2 rings (SSSR count). The number of methoxy groups -OCH3 is 1. The third-order valence-electron chi connectivity index (χ3n) is 4.36. The van der Waals surface area contributed by atoms with E-state index in [0.717, 1.165) is 19.0 Å². The molecule has 0 aliphatic heterocycles. The monoisotopic (exact) mass is 289 g/mol. The van der Waals surface area contributed by atoms with E-state index in [4.69, 9.17) is 4.74 Å². The van der Waals surface area contributed by atoms with Crippen molar-refractivity contribution in [2.45, 2.75) is 31.1 Å². The Labute approximate surface area is 128 Å². The highest BCUT2D eigenvalue weighted by Gasteiger charge is 2.35. The van der Waals surface area contributed by atoms with Crippen LogP contribution in [0.5, 0.6) is 0 Å². The van der Waals surface area contributed by atoms with Gasteiger partial charge in [0.1, 0.15) is 0 Å². The smallest absolute Gasteiger partial charge is 0.191 e. The van der Waals surface area contributed by atoms with E-state index in [9.17, 15) is 0 Å². The molecule has 0 heterocycles. The standard InChI is InChI=1S/C17H27N3O/c1-18-16(19-12-13-21-2)20-14-17(10-6-7-11-17)15-8-4-3-5-9-15/h3-5,8-9H,6-7,10-14H2,1-2H3,(H2,18,19,20). The molecule has 0 saturated heterocycles. The first-order valence-electron chi connectivity index (χ1n) is 7.80. The molecule has 0 aromatic heterocycles. The lowest BCUT2D eigenvalue weighted by molar-refractivity contribution is 0.203. The van der Waals surface area contributed by atoms with Gasteiger partial charge in [0.25, 0.3) is 0 Å². The van der Waals surface area contributed by atoms with Gasteiger partial charge in [0, 0.05) is 32.7 Å². The molecule has 0 atom stereocenters. The normalized spacial score (nSPS) is 17.7. The van der Waals surface area contributed by atoms with Gasteiger partial charge in [0.05, 0.1) is 6.61 Å². The van der Waals surface area contributed by atoms with Crippen LogP contribution in [-0.2, 0) is 10.2 Å². The molecule has 1 aromatic carbocycles. The molecule has 4 heteroatoms. The molecule has 0 spiro atoms. The molecule has 0 unspecified atom stereocenters. The Hall–Kier alpha value is -1.55. The number of nitrogens with one attached hydrogen (secondary N) is 2. The van der Waals surface area contributed by atoms with Crippen molar-refractivity contribution in [2.24, 2.45) is 4.99 Å². The maximum Gasteiger partial charge on any atom is 0.191 e. The zero-order valence-corrected chi connectivity index (χ0v) is 13.2. The fourth-order valence-electron chi connectivity index (χ4n) is 3.16. The van der Waals surface area contributed by atoms with Crippen molar-refractivity contribution < 1.29 is 4.74 Å². The van der Waals surface area contributed by atoms with Gasteiger partial charge in [-0.25, -0.2) is 0 Å². The van der Waals surface area contributed by atoms with Crippen molar-refractivity contribution in [1.29, 1.82) is 0 Å². The quantitative estimate of drug-likeness (QED) is 0.480. The number of guanidine groups is 1. The zero-order chi connectivity index (χ0) is 15.0. The summed E-state index contributed by atoms with van der Waals surface area (Å²) in [6.07, 6.45) is 5.12. The maximum absolute atomic E-state index is 5.06. The van der Waals surface area contributed by atoms with E-state index in [0.29, 0.717) is 6.61 Å². The van der Waals surface area contributed by atoms with E-state index in [1.54, 1.807) is 7.11 Å². The summed E-state index contributed by atoms with van der Waals surface area (Å²) in [7, 11) is 3.52. The Kier molecular flexibility index (Phi) is 6.05. The van der Waals surface area contributed by atoms with Crippen LogP contribution in [0, 0.1) is 0 Å². The summed E-state index contributed by atoms with van der Waals surface area (Å²) in [4.78, 5) is 4.28. The van der Waals surface area contributed by atoms with Crippen molar-refractivity contribution >= 4 is 5.96 Å². The molecule has 4 nitrogen and oxygen atoms in total. The average Bonchev–Trinajstić information content (AvgIpc) is 3.02. The largest absolute Gasteiger partial charge is 0.383 e. The molecule has 1 saturated carbocycles. The molecule has 2 N–H and O–H groups in total. The molecule has 1 aliphatic rings. The molecule has 0 bridgehead atoms. The van der Waals surface area contributed by atoms with E-state index in [-0.39, 0.29) is 5.41 Å². The number of rotatable bonds is 6. The summed E-state index contributed by atoms with van der Waals surface area (Å²) in [5, 5.41) is 6.77. The Morgan fingerprint density at radius 1 is 1.19 bits per heavy atom. The van der Waals surface area contributed by atoms with Gasteiger partial charge in [-0.15, -0.1) is 0 Å². The lowest BCUT2D eigenvalue weighted by Gasteiger charge is -2.30. The highest BCUT2D eigenvalue weighted by atomic mass is 16.5. The molecule has 21 heavy (non-hydrogen) atoms. The lowest BCUT2D eigenvalue weighted by Crippen LogP contribution is -2.45. The van der Waals surface area contributed by atoms with Gasteiger partial charge >= 0.3 is 0 Å². The maximum atomic E-state index is 5.06. The lowest BCUT2D eigenvalue weighted by atomic mass is 9.79. The Morgan fingerprint density at radius 2 is 1.90 bits per heavy atom. The Morgan fingerprint density at radius 3 is 2.52 bits per heavy atom. The van der Waals surface area contributed by atoms with E-state index < -0.39 is 0 Å². The summed E-state index contributed by atoms with van der Waals surface area (Å²) < 4.78 is 5.06. The highest BCUT2D eigenvalue weighted by molar-refractivity contribution is 5.79. The first-order chi connectivity index (χ1) is 10.3. The molecule has 0 amide bonds. The molecule has 1 fully saturated rings. The zero-order valence-electron chi connectivity index (χ0n) is 13.2. The van der Waals surface area contributed by atoms with Gasteiger partial charge in [0.2, 0.25) is 0 Å². The number of ether oxygens (including phenoxy) is 1. The SMILES string of the molecule is CN=C(NCCOC)NCC1(c2ccccc2)CCCC1. The summed E-state index contributed by atoms with van der Waals surface area (Å²) in [5.74, 6) is 0.856. The van der Waals surface area contributed by atoms with Gasteiger partial charge in [0.15, 0.2) is 5.96 Å². The third-order valence-corrected chi connectivity index (χ3v) is 4.36. The van der Waals surface area contributed by atoms with E-state index in [2.05, 4.69) is 46.0 Å². The number of hydrogen-bond donors (Lipinski definition) is 2. The number of hydrogen-bond acceptors (Lipinski definition) is 2. The molecule has 0 radical (unpaired) electrons. The van der Waals surface area contributed by atoms with Crippen LogP contribution in [-0.4, -0.2) is 39.8 Å². The summed E-state index contributed by atoms with van der Waals surface area (Å²) in [6, 6.07) is 10.9. The second-order valence-electron chi connectivity index (χ2n) is 5.70. The molecular weight excluding hydrogens is 262 g/mol. The average molecular weight is 289 g/mol. The van der Waals surface area contributed by atoms with Gasteiger partial charge in [-0.05, 0) is 18.4 Å². The summed E-state index contributed by atoms with van der Waals surface area (Å²) in [5.41, 5.74) is 1.70. The molecule has 116 valence electrons. The third kappa shape index (κ3) is 4.21. The number of nitrogens with zero attached hydrogens (tertiary/aromatic N) is 1. The van der Waals surface area contributed by atoms with Crippen molar-refractivity contribution in [3.05, 3.63) is 35.9 Å². The minimum atomic E-state index is 0.250. The highest BCUT2D eigenvalue weighted by Crippen LogP contribution is 2.40. The summed E-state index contributed by atoms with van der Waals surface area (Å²) in [6.45, 7) is 2.39. The molecule has 1 aromatic rings. The predicted octanol–water partition coefficient (Wildman–Crippen LogP) is 2.31. The molecular formula is C17H27N3O. The first-order valence-corrected chi connectivity index (χ1v) is 7.80. The van der Waals surface area contributed by atoms with Crippen LogP contribution >= 0.6 is 0 Å². The number of aliphatic imine (C=N–C) groups is 1. The van der Waals surface area contributed by atoms with Gasteiger partial charge in [-0.1, -0.05) is 43.2 Å². The van der Waals surface area contributed by atoms with Crippen LogP contribution in [0.4, 0.5) is 0 Å². The van der Waals surface area contributed by atoms with E-state index in [1.807, 2.05) is 7.05 Å². The summed E-state index contributed by atoms with van der Waals surface area (Å²) >= 11 is 0. The fraction of sp³-hybridized carbons (Fsp3) is 0.588. The van der Waals surface area contributed by atoms with Crippen LogP contribution in [0.2, 0.25) is 0 Å². The van der Waals surface area contributed by atoms with Crippen LogP contribution in [0.25, 0.3) is 0 Å². The van der Waals surface area contributed by atoms with Gasteiger partial charge in [-0.3, -0.25) is 4.99 Å². The van der Waals surface area contributed by atoms with Crippen molar-refractivity contribution in [3.8, 4) is 0 Å². The van der Waals surface area contributed by atoms with Crippen LogP contribution in [0.15, 0.2) is 35.3 Å². The molecule has 1 aliphatic carbocycles. The van der Waals surface area contributed by atoms with Crippen molar-refractivity contribution in [3.63, 3.8) is 0 Å². The minimum absolute atomic E-state index is 0.250.